The van der Waals surface area contributed by atoms with Crippen LogP contribution >= 0.6 is 0 Å². The lowest BCUT2D eigenvalue weighted by atomic mass is 10.0. The molecule has 0 N–H and O–H groups in total. The molecule has 6 heteroatoms. The van der Waals surface area contributed by atoms with Crippen LogP contribution in [0.15, 0.2) is 48.5 Å². The van der Waals surface area contributed by atoms with E-state index in [0.29, 0.717) is 17.9 Å². The first kappa shape index (κ1) is 15.7. The van der Waals surface area contributed by atoms with Gasteiger partial charge in [0.15, 0.2) is 5.78 Å². The summed E-state index contributed by atoms with van der Waals surface area (Å²) in [4.78, 5) is 23.0. The van der Waals surface area contributed by atoms with E-state index < -0.39 is 10.7 Å². The van der Waals surface area contributed by atoms with Gasteiger partial charge in [0.1, 0.15) is 17.9 Å². The molecule has 0 bridgehead atoms. The van der Waals surface area contributed by atoms with Gasteiger partial charge in [-0.05, 0) is 12.1 Å². The SMILES string of the molecule is COCCOc1ccc(C(=O)c2ccccc2)c([N+](=O)[O-])c1. The van der Waals surface area contributed by atoms with Crippen LogP contribution in [0, 0.1) is 10.1 Å². The molecule has 0 spiro atoms. The topological polar surface area (TPSA) is 78.7 Å². The van der Waals surface area contributed by atoms with Gasteiger partial charge in [0, 0.05) is 12.7 Å². The Bertz CT molecular complexity index is 669. The lowest BCUT2D eigenvalue weighted by Crippen LogP contribution is -2.07. The van der Waals surface area contributed by atoms with Crippen LogP contribution in [-0.2, 0) is 4.74 Å². The van der Waals surface area contributed by atoms with Gasteiger partial charge in [0.2, 0.25) is 0 Å². The van der Waals surface area contributed by atoms with Gasteiger partial charge < -0.3 is 9.47 Å². The average molecular weight is 301 g/mol. The van der Waals surface area contributed by atoms with Crippen LogP contribution in [0.3, 0.4) is 0 Å². The van der Waals surface area contributed by atoms with Gasteiger partial charge in [0.25, 0.3) is 5.69 Å². The van der Waals surface area contributed by atoms with Crippen molar-refractivity contribution in [3.8, 4) is 5.75 Å². The van der Waals surface area contributed by atoms with Crippen molar-refractivity contribution in [2.45, 2.75) is 0 Å². The number of methoxy groups -OCH3 is 1. The zero-order chi connectivity index (χ0) is 15.9. The van der Waals surface area contributed by atoms with Crippen LogP contribution in [-0.4, -0.2) is 31.0 Å². The fourth-order valence-electron chi connectivity index (χ4n) is 1.93. The summed E-state index contributed by atoms with van der Waals surface area (Å²) in [5.74, 6) is -0.0656. The van der Waals surface area contributed by atoms with E-state index in [0.717, 1.165) is 0 Å². The summed E-state index contributed by atoms with van der Waals surface area (Å²) < 4.78 is 10.2. The second-order valence-electron chi connectivity index (χ2n) is 4.47. The molecule has 0 saturated carbocycles. The molecule has 114 valence electrons. The Labute approximate surface area is 127 Å². The number of carbonyl (C=O) groups is 1. The number of carbonyl (C=O) groups excluding carboxylic acids is 1. The normalized spacial score (nSPS) is 10.2. The first-order valence-electron chi connectivity index (χ1n) is 6.63. The Morgan fingerprint density at radius 3 is 2.50 bits per heavy atom. The Balaban J connectivity index is 2.31. The first-order chi connectivity index (χ1) is 10.6. The van der Waals surface area contributed by atoms with Gasteiger partial charge in [-0.2, -0.15) is 0 Å². The minimum atomic E-state index is -0.584. The van der Waals surface area contributed by atoms with Crippen molar-refractivity contribution < 1.29 is 19.2 Å². The molecule has 0 atom stereocenters. The van der Waals surface area contributed by atoms with Crippen molar-refractivity contribution in [2.24, 2.45) is 0 Å². The highest BCUT2D eigenvalue weighted by Gasteiger charge is 2.22. The predicted molar refractivity (Wildman–Crippen MR) is 80.3 cm³/mol. The molecule has 6 nitrogen and oxygen atoms in total. The molecule has 2 aromatic carbocycles. The molecule has 2 aromatic rings. The van der Waals surface area contributed by atoms with Gasteiger partial charge in [-0.15, -0.1) is 0 Å². The van der Waals surface area contributed by atoms with E-state index in [9.17, 15) is 14.9 Å². The lowest BCUT2D eigenvalue weighted by molar-refractivity contribution is -0.385. The third-order valence-corrected chi connectivity index (χ3v) is 3.00. The number of benzene rings is 2. The molecule has 0 amide bonds. The number of nitro groups is 1. The molecular weight excluding hydrogens is 286 g/mol. The molecule has 0 heterocycles. The molecule has 2 rings (SSSR count). The molecule has 0 aromatic heterocycles. The Hall–Kier alpha value is -2.73. The van der Waals surface area contributed by atoms with E-state index in [1.165, 1.54) is 19.2 Å². The quantitative estimate of drug-likeness (QED) is 0.340. The maximum atomic E-state index is 12.4. The van der Waals surface area contributed by atoms with E-state index in [2.05, 4.69) is 0 Å². The van der Waals surface area contributed by atoms with Crippen molar-refractivity contribution in [1.29, 1.82) is 0 Å². The minimum absolute atomic E-state index is 0.0373. The van der Waals surface area contributed by atoms with Crippen molar-refractivity contribution >= 4 is 11.5 Å². The summed E-state index contributed by atoms with van der Waals surface area (Å²) >= 11 is 0. The van der Waals surface area contributed by atoms with Crippen molar-refractivity contribution in [1.82, 2.24) is 0 Å². The van der Waals surface area contributed by atoms with E-state index >= 15 is 0 Å². The summed E-state index contributed by atoms with van der Waals surface area (Å²) in [6.45, 7) is 0.651. The largest absolute Gasteiger partial charge is 0.491 e. The number of hydrogen-bond acceptors (Lipinski definition) is 5. The summed E-state index contributed by atoms with van der Waals surface area (Å²) in [6.07, 6.45) is 0. The van der Waals surface area contributed by atoms with Crippen molar-refractivity contribution in [2.75, 3.05) is 20.3 Å². The van der Waals surface area contributed by atoms with Crippen molar-refractivity contribution in [3.05, 3.63) is 69.8 Å². The van der Waals surface area contributed by atoms with Crippen LogP contribution in [0.4, 0.5) is 5.69 Å². The highest BCUT2D eigenvalue weighted by atomic mass is 16.6. The van der Waals surface area contributed by atoms with Crippen LogP contribution in [0.25, 0.3) is 0 Å². The highest BCUT2D eigenvalue weighted by molar-refractivity contribution is 6.11. The summed E-state index contributed by atoms with van der Waals surface area (Å²) in [6, 6.07) is 12.6. The predicted octanol–water partition coefficient (Wildman–Crippen LogP) is 2.85. The number of ketones is 1. The Kier molecular flexibility index (Phi) is 5.21. The second kappa shape index (κ2) is 7.33. The van der Waals surface area contributed by atoms with Crippen LogP contribution in [0.5, 0.6) is 5.75 Å². The maximum absolute atomic E-state index is 12.4. The van der Waals surface area contributed by atoms with Crippen LogP contribution < -0.4 is 4.74 Å². The summed E-state index contributed by atoms with van der Waals surface area (Å²) in [5, 5.41) is 11.2. The molecule has 0 aliphatic carbocycles. The minimum Gasteiger partial charge on any atom is -0.491 e. The number of ether oxygens (including phenoxy) is 2. The molecule has 0 unspecified atom stereocenters. The van der Waals surface area contributed by atoms with Gasteiger partial charge in [-0.25, -0.2) is 0 Å². The standard InChI is InChI=1S/C16H15NO5/c1-21-9-10-22-13-7-8-14(15(11-13)17(19)20)16(18)12-5-3-2-4-6-12/h2-8,11H,9-10H2,1H3. The molecule has 0 aliphatic heterocycles. The van der Waals surface area contributed by atoms with Crippen LogP contribution in [0.2, 0.25) is 0 Å². The van der Waals surface area contributed by atoms with E-state index in [1.807, 2.05) is 0 Å². The van der Waals surface area contributed by atoms with Gasteiger partial charge in [0.05, 0.1) is 17.6 Å². The zero-order valence-electron chi connectivity index (χ0n) is 12.0. The first-order valence-corrected chi connectivity index (χ1v) is 6.63. The maximum Gasteiger partial charge on any atom is 0.284 e. The second-order valence-corrected chi connectivity index (χ2v) is 4.47. The van der Waals surface area contributed by atoms with Gasteiger partial charge >= 0.3 is 0 Å². The van der Waals surface area contributed by atoms with Gasteiger partial charge in [-0.1, -0.05) is 30.3 Å². The Morgan fingerprint density at radius 1 is 1.14 bits per heavy atom. The Morgan fingerprint density at radius 2 is 1.86 bits per heavy atom. The monoisotopic (exact) mass is 301 g/mol. The highest BCUT2D eigenvalue weighted by Crippen LogP contribution is 2.26. The number of rotatable bonds is 7. The third kappa shape index (κ3) is 3.67. The summed E-state index contributed by atoms with van der Waals surface area (Å²) in [5.41, 5.74) is 0.165. The van der Waals surface area contributed by atoms with E-state index in [-0.39, 0.29) is 17.9 Å². The van der Waals surface area contributed by atoms with Crippen LogP contribution in [0.1, 0.15) is 15.9 Å². The number of nitro benzene ring substituents is 1. The molecule has 0 aliphatic rings. The average Bonchev–Trinajstić information content (AvgIpc) is 2.55. The molecule has 0 saturated heterocycles. The molecule has 0 radical (unpaired) electrons. The smallest absolute Gasteiger partial charge is 0.284 e. The van der Waals surface area contributed by atoms with Gasteiger partial charge in [-0.3, -0.25) is 14.9 Å². The van der Waals surface area contributed by atoms with E-state index in [1.54, 1.807) is 36.4 Å². The summed E-state index contributed by atoms with van der Waals surface area (Å²) in [7, 11) is 1.54. The fourth-order valence-corrected chi connectivity index (χ4v) is 1.93. The zero-order valence-corrected chi connectivity index (χ0v) is 12.0. The van der Waals surface area contributed by atoms with E-state index in [4.69, 9.17) is 9.47 Å². The van der Waals surface area contributed by atoms with Crippen molar-refractivity contribution in [3.63, 3.8) is 0 Å². The number of hydrogen-bond donors (Lipinski definition) is 0. The molecular formula is C16H15NO5. The fraction of sp³-hybridized carbons (Fsp3) is 0.188. The molecule has 0 fully saturated rings. The number of nitrogens with zero attached hydrogens (tertiary/aromatic N) is 1. The molecule has 22 heavy (non-hydrogen) atoms. The lowest BCUT2D eigenvalue weighted by Gasteiger charge is -2.07. The third-order valence-electron chi connectivity index (χ3n) is 3.00.